The fourth-order valence-corrected chi connectivity index (χ4v) is 5.69. The maximum atomic E-state index is 12.7. The zero-order valence-electron chi connectivity index (χ0n) is 16.7. The van der Waals surface area contributed by atoms with Gasteiger partial charge in [-0.1, -0.05) is 54.1 Å². The molecule has 0 saturated carbocycles. The quantitative estimate of drug-likeness (QED) is 0.351. The topological polar surface area (TPSA) is 43.4 Å². The zero-order chi connectivity index (χ0) is 20.9. The number of aryl methyl sites for hydroxylation is 3. The Hall–Kier alpha value is -2.56. The first-order valence-electron chi connectivity index (χ1n) is 9.27. The summed E-state index contributed by atoms with van der Waals surface area (Å²) >= 11 is 0. The first-order chi connectivity index (χ1) is 13.7. The lowest BCUT2D eigenvalue weighted by molar-refractivity contribution is 0.414. The highest BCUT2D eigenvalue weighted by atomic mass is 35.7. The Bertz CT molecular complexity index is 1390. The second kappa shape index (κ2) is 7.05. The van der Waals surface area contributed by atoms with Crippen LogP contribution in [-0.2, 0) is 9.05 Å². The summed E-state index contributed by atoms with van der Waals surface area (Å²) in [4.78, 5) is 0.128. The number of rotatable bonds is 3. The normalized spacial score (nSPS) is 11.9. The molecular formula is C24H21ClO3S. The summed E-state index contributed by atoms with van der Waals surface area (Å²) < 4.78 is 31.2. The van der Waals surface area contributed by atoms with Gasteiger partial charge < -0.3 is 4.74 Å². The molecule has 0 amide bonds. The molecule has 0 unspecified atom stereocenters. The van der Waals surface area contributed by atoms with Gasteiger partial charge >= 0.3 is 0 Å². The van der Waals surface area contributed by atoms with E-state index in [4.69, 9.17) is 15.4 Å². The van der Waals surface area contributed by atoms with E-state index in [9.17, 15) is 8.42 Å². The summed E-state index contributed by atoms with van der Waals surface area (Å²) in [6.45, 7) is 5.78. The van der Waals surface area contributed by atoms with Gasteiger partial charge in [0.05, 0.1) is 12.0 Å². The summed E-state index contributed by atoms with van der Waals surface area (Å²) in [5, 5.41) is 3.73. The third-order valence-electron chi connectivity index (χ3n) is 5.32. The SMILES string of the molecule is COc1c(C)cc2cc(C)ccc2c1-c1c(S(=O)(=O)Cl)c(C)cc2ccccc12. The molecule has 148 valence electrons. The Morgan fingerprint density at radius 3 is 2.14 bits per heavy atom. The van der Waals surface area contributed by atoms with Crippen molar-refractivity contribution in [1.82, 2.24) is 0 Å². The van der Waals surface area contributed by atoms with Crippen LogP contribution in [0.25, 0.3) is 32.7 Å². The van der Waals surface area contributed by atoms with Crippen LogP contribution in [0.3, 0.4) is 0 Å². The number of hydrogen-bond donors (Lipinski definition) is 0. The molecule has 0 spiro atoms. The Morgan fingerprint density at radius 1 is 0.793 bits per heavy atom. The van der Waals surface area contributed by atoms with Gasteiger partial charge in [0.2, 0.25) is 0 Å². The van der Waals surface area contributed by atoms with Crippen LogP contribution < -0.4 is 4.74 Å². The van der Waals surface area contributed by atoms with Crippen molar-refractivity contribution in [3.8, 4) is 16.9 Å². The lowest BCUT2D eigenvalue weighted by atomic mass is 9.89. The molecule has 0 fully saturated rings. The monoisotopic (exact) mass is 424 g/mol. The van der Waals surface area contributed by atoms with Gasteiger partial charge in [-0.15, -0.1) is 0 Å². The standard InChI is InChI=1S/C24H21ClO3S/c1-14-9-10-20-18(11-14)12-15(2)23(28-4)21(20)22-19-8-6-5-7-17(19)13-16(3)24(22)29(25,26)27/h5-13H,1-4H3. The van der Waals surface area contributed by atoms with E-state index in [2.05, 4.69) is 12.1 Å². The third-order valence-corrected chi connectivity index (χ3v) is 6.80. The van der Waals surface area contributed by atoms with E-state index in [0.717, 1.165) is 38.2 Å². The average Bonchev–Trinajstić information content (AvgIpc) is 2.64. The summed E-state index contributed by atoms with van der Waals surface area (Å²) in [5.41, 5.74) is 4.01. The number of benzene rings is 4. The Balaban J connectivity index is 2.34. The van der Waals surface area contributed by atoms with Crippen LogP contribution in [0.4, 0.5) is 0 Å². The van der Waals surface area contributed by atoms with Crippen LogP contribution in [0.15, 0.2) is 59.5 Å². The molecule has 4 aromatic rings. The molecular weight excluding hydrogens is 404 g/mol. The smallest absolute Gasteiger partial charge is 0.262 e. The molecule has 0 aliphatic rings. The van der Waals surface area contributed by atoms with E-state index in [1.165, 1.54) is 0 Å². The highest BCUT2D eigenvalue weighted by Crippen LogP contribution is 2.47. The molecule has 0 aliphatic heterocycles. The molecule has 4 aromatic carbocycles. The van der Waals surface area contributed by atoms with Crippen LogP contribution in [0.5, 0.6) is 5.75 Å². The van der Waals surface area contributed by atoms with Gasteiger partial charge in [-0.3, -0.25) is 0 Å². The van der Waals surface area contributed by atoms with Crippen molar-refractivity contribution >= 4 is 41.3 Å². The number of fused-ring (bicyclic) bond motifs is 2. The Kier molecular flexibility index (Phi) is 4.80. The molecule has 0 saturated heterocycles. The van der Waals surface area contributed by atoms with E-state index in [1.807, 2.05) is 56.3 Å². The van der Waals surface area contributed by atoms with Gasteiger partial charge in [0.1, 0.15) is 5.75 Å². The van der Waals surface area contributed by atoms with E-state index in [-0.39, 0.29) is 4.90 Å². The van der Waals surface area contributed by atoms with Crippen LogP contribution in [0.2, 0.25) is 0 Å². The van der Waals surface area contributed by atoms with E-state index < -0.39 is 9.05 Å². The second-order valence-corrected chi connectivity index (χ2v) is 9.89. The number of ether oxygens (including phenoxy) is 1. The Morgan fingerprint density at radius 2 is 1.45 bits per heavy atom. The van der Waals surface area contributed by atoms with Crippen molar-refractivity contribution in [1.29, 1.82) is 0 Å². The molecule has 5 heteroatoms. The zero-order valence-corrected chi connectivity index (χ0v) is 18.3. The molecule has 29 heavy (non-hydrogen) atoms. The van der Waals surface area contributed by atoms with Crippen molar-refractivity contribution in [3.63, 3.8) is 0 Å². The minimum Gasteiger partial charge on any atom is -0.496 e. The van der Waals surface area contributed by atoms with Crippen LogP contribution in [0.1, 0.15) is 16.7 Å². The van der Waals surface area contributed by atoms with E-state index >= 15 is 0 Å². The largest absolute Gasteiger partial charge is 0.496 e. The fraction of sp³-hybridized carbons (Fsp3) is 0.167. The minimum atomic E-state index is -4.00. The van der Waals surface area contributed by atoms with Gasteiger partial charge in [-0.25, -0.2) is 8.42 Å². The molecule has 4 rings (SSSR count). The molecule has 0 aromatic heterocycles. The predicted molar refractivity (Wildman–Crippen MR) is 121 cm³/mol. The Labute approximate surface area is 175 Å². The third kappa shape index (κ3) is 3.26. The predicted octanol–water partition coefficient (Wildman–Crippen LogP) is 6.52. The first kappa shape index (κ1) is 19.7. The van der Waals surface area contributed by atoms with Gasteiger partial charge in [0, 0.05) is 21.8 Å². The molecule has 0 heterocycles. The van der Waals surface area contributed by atoms with Crippen molar-refractivity contribution in [2.75, 3.05) is 7.11 Å². The van der Waals surface area contributed by atoms with Gasteiger partial charge in [0.15, 0.2) is 0 Å². The fourth-order valence-electron chi connectivity index (χ4n) is 4.19. The van der Waals surface area contributed by atoms with Gasteiger partial charge in [0.25, 0.3) is 9.05 Å². The van der Waals surface area contributed by atoms with Crippen molar-refractivity contribution in [2.24, 2.45) is 0 Å². The maximum absolute atomic E-state index is 12.7. The molecule has 0 N–H and O–H groups in total. The van der Waals surface area contributed by atoms with Crippen LogP contribution >= 0.6 is 10.7 Å². The van der Waals surface area contributed by atoms with Crippen molar-refractivity contribution < 1.29 is 13.2 Å². The van der Waals surface area contributed by atoms with Crippen molar-refractivity contribution in [3.05, 3.63) is 71.3 Å². The highest BCUT2D eigenvalue weighted by molar-refractivity contribution is 8.13. The summed E-state index contributed by atoms with van der Waals surface area (Å²) in [5.74, 6) is 0.652. The average molecular weight is 425 g/mol. The maximum Gasteiger partial charge on any atom is 0.262 e. The van der Waals surface area contributed by atoms with Gasteiger partial charge in [-0.2, -0.15) is 0 Å². The van der Waals surface area contributed by atoms with Crippen LogP contribution in [0, 0.1) is 20.8 Å². The molecule has 0 radical (unpaired) electrons. The first-order valence-corrected chi connectivity index (χ1v) is 11.6. The summed E-state index contributed by atoms with van der Waals surface area (Å²) in [6, 6.07) is 17.8. The van der Waals surface area contributed by atoms with Gasteiger partial charge in [-0.05, 0) is 59.5 Å². The molecule has 0 bridgehead atoms. The lowest BCUT2D eigenvalue weighted by Gasteiger charge is -2.20. The lowest BCUT2D eigenvalue weighted by Crippen LogP contribution is -2.02. The minimum absolute atomic E-state index is 0.128. The number of hydrogen-bond acceptors (Lipinski definition) is 3. The molecule has 0 aliphatic carbocycles. The summed E-state index contributed by atoms with van der Waals surface area (Å²) in [7, 11) is 3.57. The highest BCUT2D eigenvalue weighted by Gasteiger charge is 2.26. The number of methoxy groups -OCH3 is 1. The molecule has 3 nitrogen and oxygen atoms in total. The van der Waals surface area contributed by atoms with Crippen LogP contribution in [-0.4, -0.2) is 15.5 Å². The van der Waals surface area contributed by atoms with E-state index in [1.54, 1.807) is 14.0 Å². The van der Waals surface area contributed by atoms with E-state index in [0.29, 0.717) is 16.9 Å². The number of halogens is 1. The second-order valence-electron chi connectivity index (χ2n) is 7.38. The molecule has 0 atom stereocenters. The van der Waals surface area contributed by atoms with Crippen molar-refractivity contribution in [2.45, 2.75) is 25.7 Å². The summed E-state index contributed by atoms with van der Waals surface area (Å²) in [6.07, 6.45) is 0.